The standard InChI is InChI=1S/C10H14O10S/c11-4-2-18-9-5(3-19-8(4)9)20-7(12)1-6(10(13)14)21(15,16)17/h4-6,8-9,11H,1-3H2,(H,13,14)(H,15,16,17)/t4-,5+,6?,8+,9+/m0/s1. The topological polar surface area (TPSA) is 157 Å². The molecule has 10 nitrogen and oxygen atoms in total. The van der Waals surface area contributed by atoms with Crippen molar-refractivity contribution in [2.75, 3.05) is 13.2 Å². The van der Waals surface area contributed by atoms with Gasteiger partial charge in [-0.05, 0) is 0 Å². The molecular weight excluding hydrogens is 312 g/mol. The third-order valence-electron chi connectivity index (χ3n) is 3.25. The SMILES string of the molecule is O=C(CC(C(=O)O)S(=O)(=O)O)O[C@@H]1CO[C@H]2[C@@H]1OC[C@@H]2O. The molecule has 0 aromatic carbocycles. The number of fused-ring (bicyclic) bond motifs is 1. The van der Waals surface area contributed by atoms with Gasteiger partial charge in [0, 0.05) is 0 Å². The molecule has 0 aliphatic carbocycles. The Labute approximate surface area is 119 Å². The first-order valence-electron chi connectivity index (χ1n) is 6.00. The number of esters is 1. The Morgan fingerprint density at radius 1 is 1.24 bits per heavy atom. The number of hydrogen-bond acceptors (Lipinski definition) is 8. The van der Waals surface area contributed by atoms with Crippen molar-refractivity contribution in [3.8, 4) is 0 Å². The Bertz CT molecular complexity index is 528. The zero-order valence-electron chi connectivity index (χ0n) is 10.6. The predicted octanol–water partition coefficient (Wildman–Crippen LogP) is -2.21. The number of carboxylic acid groups (broad SMARTS) is 1. The molecule has 2 heterocycles. The number of aliphatic hydroxyl groups is 1. The fourth-order valence-corrected chi connectivity index (χ4v) is 2.83. The predicted molar refractivity (Wildman–Crippen MR) is 63.0 cm³/mol. The minimum Gasteiger partial charge on any atom is -0.480 e. The van der Waals surface area contributed by atoms with E-state index in [4.69, 9.17) is 23.9 Å². The first-order valence-corrected chi connectivity index (χ1v) is 7.50. The molecule has 1 unspecified atom stereocenters. The molecule has 11 heteroatoms. The number of carbonyl (C=O) groups excluding carboxylic acids is 1. The van der Waals surface area contributed by atoms with Crippen molar-refractivity contribution in [1.82, 2.24) is 0 Å². The molecule has 0 radical (unpaired) electrons. The first kappa shape index (κ1) is 16.1. The van der Waals surface area contributed by atoms with Crippen LogP contribution in [0.3, 0.4) is 0 Å². The number of rotatable bonds is 5. The zero-order valence-corrected chi connectivity index (χ0v) is 11.4. The van der Waals surface area contributed by atoms with Crippen LogP contribution in [-0.4, -0.2) is 78.0 Å². The van der Waals surface area contributed by atoms with Crippen LogP contribution < -0.4 is 0 Å². The molecule has 2 rings (SSSR count). The largest absolute Gasteiger partial charge is 0.480 e. The highest BCUT2D eigenvalue weighted by Gasteiger charge is 2.49. The second kappa shape index (κ2) is 5.85. The van der Waals surface area contributed by atoms with Gasteiger partial charge in [0.25, 0.3) is 10.1 Å². The summed E-state index contributed by atoms with van der Waals surface area (Å²) in [4.78, 5) is 22.3. The van der Waals surface area contributed by atoms with Crippen molar-refractivity contribution >= 4 is 22.1 Å². The Balaban J connectivity index is 1.95. The highest BCUT2D eigenvalue weighted by atomic mass is 32.2. The molecule has 3 N–H and O–H groups in total. The van der Waals surface area contributed by atoms with E-state index in [2.05, 4.69) is 0 Å². The minimum absolute atomic E-state index is 0.0200. The maximum Gasteiger partial charge on any atom is 0.325 e. The van der Waals surface area contributed by atoms with E-state index >= 15 is 0 Å². The van der Waals surface area contributed by atoms with Crippen molar-refractivity contribution in [3.05, 3.63) is 0 Å². The fourth-order valence-electron chi connectivity index (χ4n) is 2.23. The molecular formula is C10H14O10S. The summed E-state index contributed by atoms with van der Waals surface area (Å²) < 4.78 is 45.7. The molecule has 0 spiro atoms. The number of hydrogen-bond donors (Lipinski definition) is 3. The number of ether oxygens (including phenoxy) is 3. The molecule has 5 atom stereocenters. The van der Waals surface area contributed by atoms with E-state index in [0.717, 1.165) is 0 Å². The summed E-state index contributed by atoms with van der Waals surface area (Å²) in [5.41, 5.74) is 0. The maximum absolute atomic E-state index is 11.6. The van der Waals surface area contributed by atoms with Gasteiger partial charge in [0.05, 0.1) is 19.6 Å². The van der Waals surface area contributed by atoms with Crippen molar-refractivity contribution < 1.29 is 47.0 Å². The maximum atomic E-state index is 11.6. The van der Waals surface area contributed by atoms with Gasteiger partial charge in [0.1, 0.15) is 18.3 Å². The fraction of sp³-hybridized carbons (Fsp3) is 0.800. The van der Waals surface area contributed by atoms with E-state index in [0.29, 0.717) is 0 Å². The summed E-state index contributed by atoms with van der Waals surface area (Å²) >= 11 is 0. The van der Waals surface area contributed by atoms with Crippen LogP contribution in [0, 0.1) is 0 Å². The van der Waals surface area contributed by atoms with Gasteiger partial charge < -0.3 is 24.4 Å². The van der Waals surface area contributed by atoms with Crippen molar-refractivity contribution in [1.29, 1.82) is 0 Å². The number of carbonyl (C=O) groups is 2. The minimum atomic E-state index is -4.92. The lowest BCUT2D eigenvalue weighted by atomic mass is 10.1. The summed E-state index contributed by atoms with van der Waals surface area (Å²) in [6.07, 6.45) is -4.07. The molecule has 0 saturated carbocycles. The van der Waals surface area contributed by atoms with Crippen molar-refractivity contribution in [3.63, 3.8) is 0 Å². The molecule has 0 aromatic rings. The molecule has 2 fully saturated rings. The van der Waals surface area contributed by atoms with E-state index in [9.17, 15) is 23.1 Å². The van der Waals surface area contributed by atoms with Crippen LogP contribution in [0.15, 0.2) is 0 Å². The third kappa shape index (κ3) is 3.49. The summed E-state index contributed by atoms with van der Waals surface area (Å²) in [6, 6.07) is 0. The second-order valence-corrected chi connectivity index (χ2v) is 6.34. The average Bonchev–Trinajstić information content (AvgIpc) is 2.89. The van der Waals surface area contributed by atoms with Crippen LogP contribution in [0.4, 0.5) is 0 Å². The summed E-state index contributed by atoms with van der Waals surface area (Å²) in [5.74, 6) is -2.98. The summed E-state index contributed by atoms with van der Waals surface area (Å²) in [5, 5.41) is 15.9. The van der Waals surface area contributed by atoms with Crippen LogP contribution >= 0.6 is 0 Å². The summed E-state index contributed by atoms with van der Waals surface area (Å²) in [7, 11) is -4.92. The van der Waals surface area contributed by atoms with Gasteiger partial charge in [-0.3, -0.25) is 14.1 Å². The lowest BCUT2D eigenvalue weighted by molar-refractivity contribution is -0.155. The van der Waals surface area contributed by atoms with Gasteiger partial charge in [-0.1, -0.05) is 0 Å². The highest BCUT2D eigenvalue weighted by molar-refractivity contribution is 7.87. The van der Waals surface area contributed by atoms with E-state index in [1.807, 2.05) is 0 Å². The average molecular weight is 326 g/mol. The Hall–Kier alpha value is -1.27. The monoisotopic (exact) mass is 326 g/mol. The molecule has 120 valence electrons. The van der Waals surface area contributed by atoms with E-state index in [1.165, 1.54) is 0 Å². The van der Waals surface area contributed by atoms with Crippen LogP contribution in [0.5, 0.6) is 0 Å². The van der Waals surface area contributed by atoms with Crippen LogP contribution in [0.25, 0.3) is 0 Å². The van der Waals surface area contributed by atoms with E-state index < -0.39 is 58.1 Å². The first-order chi connectivity index (χ1) is 9.70. The van der Waals surface area contributed by atoms with E-state index in [1.54, 1.807) is 0 Å². The molecule has 2 aliphatic heterocycles. The normalized spacial score (nSPS) is 33.4. The summed E-state index contributed by atoms with van der Waals surface area (Å²) in [6.45, 7) is -0.0338. The van der Waals surface area contributed by atoms with Gasteiger partial charge in [-0.25, -0.2) is 0 Å². The van der Waals surface area contributed by atoms with Gasteiger partial charge in [0.15, 0.2) is 11.4 Å². The number of aliphatic hydroxyl groups excluding tert-OH is 1. The van der Waals surface area contributed by atoms with Crippen LogP contribution in [-0.2, 0) is 33.9 Å². The Kier molecular flexibility index (Phi) is 4.49. The van der Waals surface area contributed by atoms with Gasteiger partial charge in [-0.15, -0.1) is 0 Å². The van der Waals surface area contributed by atoms with Gasteiger partial charge >= 0.3 is 11.9 Å². The number of aliphatic carboxylic acids is 1. The Morgan fingerprint density at radius 3 is 2.43 bits per heavy atom. The lowest BCUT2D eigenvalue weighted by Gasteiger charge is -2.17. The van der Waals surface area contributed by atoms with Crippen LogP contribution in [0.1, 0.15) is 6.42 Å². The zero-order chi connectivity index (χ0) is 15.8. The lowest BCUT2D eigenvalue weighted by Crippen LogP contribution is -2.37. The third-order valence-corrected chi connectivity index (χ3v) is 4.34. The van der Waals surface area contributed by atoms with Gasteiger partial charge in [-0.2, -0.15) is 8.42 Å². The molecule has 0 aromatic heterocycles. The van der Waals surface area contributed by atoms with Gasteiger partial charge in [0.2, 0.25) is 0 Å². The second-order valence-electron chi connectivity index (χ2n) is 4.74. The molecule has 21 heavy (non-hydrogen) atoms. The van der Waals surface area contributed by atoms with Crippen LogP contribution in [0.2, 0.25) is 0 Å². The molecule has 0 bridgehead atoms. The molecule has 0 amide bonds. The van der Waals surface area contributed by atoms with Crippen molar-refractivity contribution in [2.45, 2.75) is 36.1 Å². The Morgan fingerprint density at radius 2 is 1.86 bits per heavy atom. The van der Waals surface area contributed by atoms with Crippen molar-refractivity contribution in [2.24, 2.45) is 0 Å². The quantitative estimate of drug-likeness (QED) is 0.373. The molecule has 2 saturated heterocycles. The highest BCUT2D eigenvalue weighted by Crippen LogP contribution is 2.29. The van der Waals surface area contributed by atoms with E-state index in [-0.39, 0.29) is 13.2 Å². The number of carboxylic acids is 1. The molecule has 2 aliphatic rings. The smallest absolute Gasteiger partial charge is 0.325 e.